The number of piperidine rings is 1. The van der Waals surface area contributed by atoms with Crippen LogP contribution < -0.4 is 16.8 Å². The van der Waals surface area contributed by atoms with Crippen LogP contribution >= 0.6 is 0 Å². The Kier molecular flexibility index (Phi) is 3.36. The first kappa shape index (κ1) is 10.6. The van der Waals surface area contributed by atoms with Crippen molar-refractivity contribution < 1.29 is 0 Å². The molecule has 0 spiro atoms. The van der Waals surface area contributed by atoms with Crippen molar-refractivity contribution in [3.63, 3.8) is 0 Å². The lowest BCUT2D eigenvalue weighted by Gasteiger charge is -2.28. The van der Waals surface area contributed by atoms with Crippen molar-refractivity contribution in [2.24, 2.45) is 11.5 Å². The fourth-order valence-electron chi connectivity index (χ4n) is 2.20. The average molecular weight is 205 g/mol. The molecule has 1 aromatic carbocycles. The Bertz CT molecular complexity index is 324. The third kappa shape index (κ3) is 2.56. The molecule has 2 unspecified atom stereocenters. The van der Waals surface area contributed by atoms with Gasteiger partial charge in [0.2, 0.25) is 0 Å². The van der Waals surface area contributed by atoms with Crippen LogP contribution in [0.25, 0.3) is 0 Å². The summed E-state index contributed by atoms with van der Waals surface area (Å²) in [5, 5.41) is 3.36. The highest BCUT2D eigenvalue weighted by Gasteiger charge is 2.20. The molecule has 15 heavy (non-hydrogen) atoms. The Labute approximate surface area is 90.8 Å². The predicted molar refractivity (Wildman–Crippen MR) is 62.5 cm³/mol. The molecule has 0 amide bonds. The van der Waals surface area contributed by atoms with Crippen molar-refractivity contribution in [1.82, 2.24) is 5.32 Å². The molecule has 1 fully saturated rings. The first-order valence-electron chi connectivity index (χ1n) is 5.55. The van der Waals surface area contributed by atoms with Gasteiger partial charge in [0.1, 0.15) is 0 Å². The highest BCUT2D eigenvalue weighted by atomic mass is 14.9. The molecular formula is C12H19N3. The van der Waals surface area contributed by atoms with Gasteiger partial charge >= 0.3 is 0 Å². The minimum absolute atomic E-state index is 0.283. The van der Waals surface area contributed by atoms with Gasteiger partial charge in [-0.2, -0.15) is 0 Å². The molecule has 2 rings (SSSR count). The second-order valence-corrected chi connectivity index (χ2v) is 4.30. The fourth-order valence-corrected chi connectivity index (χ4v) is 2.20. The largest absolute Gasteiger partial charge is 0.327 e. The fraction of sp³-hybridized carbons (Fsp3) is 0.500. The zero-order chi connectivity index (χ0) is 10.7. The Morgan fingerprint density at radius 3 is 2.93 bits per heavy atom. The molecule has 0 radical (unpaired) electrons. The van der Waals surface area contributed by atoms with Crippen molar-refractivity contribution >= 4 is 0 Å². The molecule has 1 aliphatic rings. The Morgan fingerprint density at radius 1 is 1.33 bits per heavy atom. The minimum atomic E-state index is 0.283. The molecule has 0 aromatic heterocycles. The van der Waals surface area contributed by atoms with Crippen LogP contribution in [0.5, 0.6) is 0 Å². The van der Waals surface area contributed by atoms with E-state index in [1.807, 2.05) is 0 Å². The monoisotopic (exact) mass is 205 g/mol. The van der Waals surface area contributed by atoms with Crippen molar-refractivity contribution in [2.45, 2.75) is 24.9 Å². The lowest BCUT2D eigenvalue weighted by atomic mass is 9.89. The molecule has 1 aromatic rings. The van der Waals surface area contributed by atoms with Crippen LogP contribution in [0.1, 0.15) is 23.5 Å². The molecule has 82 valence electrons. The number of hydrogen-bond donors (Lipinski definition) is 3. The average Bonchev–Trinajstić information content (AvgIpc) is 2.29. The van der Waals surface area contributed by atoms with E-state index in [9.17, 15) is 0 Å². The molecule has 3 heteroatoms. The Hall–Kier alpha value is -0.900. The lowest BCUT2D eigenvalue weighted by molar-refractivity contribution is 0.411. The molecule has 1 aliphatic heterocycles. The third-order valence-electron chi connectivity index (χ3n) is 3.04. The molecule has 1 heterocycles. The van der Waals surface area contributed by atoms with Gasteiger partial charge in [0, 0.05) is 25.7 Å². The number of nitrogens with one attached hydrogen (secondary N) is 1. The molecule has 5 N–H and O–H groups in total. The van der Waals surface area contributed by atoms with Gasteiger partial charge in [-0.25, -0.2) is 0 Å². The van der Waals surface area contributed by atoms with E-state index in [0.717, 1.165) is 19.5 Å². The van der Waals surface area contributed by atoms with Gasteiger partial charge in [0.05, 0.1) is 0 Å². The maximum absolute atomic E-state index is 5.95. The van der Waals surface area contributed by atoms with Crippen molar-refractivity contribution in [3.05, 3.63) is 35.4 Å². The first-order chi connectivity index (χ1) is 7.29. The van der Waals surface area contributed by atoms with E-state index in [-0.39, 0.29) is 6.04 Å². The van der Waals surface area contributed by atoms with Crippen LogP contribution in [0.2, 0.25) is 0 Å². The second kappa shape index (κ2) is 4.75. The number of nitrogens with two attached hydrogens (primary N) is 2. The van der Waals surface area contributed by atoms with Crippen molar-refractivity contribution in [1.29, 1.82) is 0 Å². The smallest absolute Gasteiger partial charge is 0.0178 e. The zero-order valence-electron chi connectivity index (χ0n) is 8.95. The molecule has 3 nitrogen and oxygen atoms in total. The summed E-state index contributed by atoms with van der Waals surface area (Å²) in [6, 6.07) is 8.80. The van der Waals surface area contributed by atoms with Crippen LogP contribution in [0.4, 0.5) is 0 Å². The number of rotatable bonds is 2. The van der Waals surface area contributed by atoms with Gasteiger partial charge in [-0.05, 0) is 23.5 Å². The molecule has 0 bridgehead atoms. The van der Waals surface area contributed by atoms with Gasteiger partial charge in [-0.15, -0.1) is 0 Å². The van der Waals surface area contributed by atoms with Crippen LogP contribution in [-0.4, -0.2) is 19.1 Å². The number of benzene rings is 1. The highest BCUT2D eigenvalue weighted by Crippen LogP contribution is 2.23. The van der Waals surface area contributed by atoms with E-state index in [0.29, 0.717) is 12.5 Å². The summed E-state index contributed by atoms with van der Waals surface area (Å²) < 4.78 is 0. The van der Waals surface area contributed by atoms with E-state index in [1.54, 1.807) is 0 Å². The van der Waals surface area contributed by atoms with Gasteiger partial charge in [0.25, 0.3) is 0 Å². The summed E-state index contributed by atoms with van der Waals surface area (Å²) in [7, 11) is 0. The first-order valence-corrected chi connectivity index (χ1v) is 5.55. The van der Waals surface area contributed by atoms with Gasteiger partial charge < -0.3 is 16.8 Å². The predicted octanol–water partition coefficient (Wildman–Crippen LogP) is 0.549. The normalized spacial score (nSPS) is 26.5. The summed E-state index contributed by atoms with van der Waals surface area (Å²) in [5.74, 6) is 0.542. The standard InChI is InChI=1S/C12H19N3/c13-6-9-2-1-3-10(4-9)11-5-12(14)8-15-7-11/h1-4,11-12,15H,5-8,13-14H2. The molecular weight excluding hydrogens is 186 g/mol. The third-order valence-corrected chi connectivity index (χ3v) is 3.04. The van der Waals surface area contributed by atoms with E-state index in [4.69, 9.17) is 11.5 Å². The topological polar surface area (TPSA) is 64.1 Å². The maximum Gasteiger partial charge on any atom is 0.0178 e. The summed E-state index contributed by atoms with van der Waals surface area (Å²) >= 11 is 0. The van der Waals surface area contributed by atoms with Crippen LogP contribution in [0.3, 0.4) is 0 Å². The Balaban J connectivity index is 2.13. The van der Waals surface area contributed by atoms with E-state index in [2.05, 4.69) is 29.6 Å². The zero-order valence-corrected chi connectivity index (χ0v) is 8.95. The highest BCUT2D eigenvalue weighted by molar-refractivity contribution is 5.27. The lowest BCUT2D eigenvalue weighted by Crippen LogP contribution is -2.43. The quantitative estimate of drug-likeness (QED) is 0.660. The molecule has 1 saturated heterocycles. The van der Waals surface area contributed by atoms with Gasteiger partial charge in [-0.3, -0.25) is 0 Å². The van der Waals surface area contributed by atoms with E-state index < -0.39 is 0 Å². The summed E-state index contributed by atoms with van der Waals surface area (Å²) in [6.45, 7) is 2.58. The van der Waals surface area contributed by atoms with Crippen LogP contribution in [0.15, 0.2) is 24.3 Å². The Morgan fingerprint density at radius 2 is 2.20 bits per heavy atom. The minimum Gasteiger partial charge on any atom is -0.327 e. The molecule has 0 saturated carbocycles. The summed E-state index contributed by atoms with van der Waals surface area (Å²) in [4.78, 5) is 0. The summed E-state index contributed by atoms with van der Waals surface area (Å²) in [6.07, 6.45) is 1.07. The SMILES string of the molecule is NCc1cccc(C2CNCC(N)C2)c1. The van der Waals surface area contributed by atoms with Crippen molar-refractivity contribution in [3.8, 4) is 0 Å². The number of hydrogen-bond acceptors (Lipinski definition) is 3. The van der Waals surface area contributed by atoms with E-state index in [1.165, 1.54) is 11.1 Å². The van der Waals surface area contributed by atoms with Crippen molar-refractivity contribution in [2.75, 3.05) is 13.1 Å². The second-order valence-electron chi connectivity index (χ2n) is 4.30. The van der Waals surface area contributed by atoms with E-state index >= 15 is 0 Å². The van der Waals surface area contributed by atoms with Crippen LogP contribution in [-0.2, 0) is 6.54 Å². The molecule has 0 aliphatic carbocycles. The maximum atomic E-state index is 5.95. The molecule has 2 atom stereocenters. The van der Waals surface area contributed by atoms with Crippen LogP contribution in [0, 0.1) is 0 Å². The van der Waals surface area contributed by atoms with Gasteiger partial charge in [0.15, 0.2) is 0 Å². The summed E-state index contributed by atoms with van der Waals surface area (Å²) in [5.41, 5.74) is 14.1. The van der Waals surface area contributed by atoms with Gasteiger partial charge in [-0.1, -0.05) is 24.3 Å².